The van der Waals surface area contributed by atoms with Crippen molar-refractivity contribution in [2.45, 2.75) is 6.10 Å². The second-order valence-electron chi connectivity index (χ2n) is 4.27. The number of halogens is 3. The van der Waals surface area contributed by atoms with Gasteiger partial charge < -0.3 is 14.6 Å². The normalized spacial score (nSPS) is 12.1. The molecule has 0 fully saturated rings. The Balaban J connectivity index is 2.52. The summed E-state index contributed by atoms with van der Waals surface area (Å²) in [6.07, 6.45) is -1.34. The van der Waals surface area contributed by atoms with Crippen LogP contribution in [0.3, 0.4) is 0 Å². The fourth-order valence-electron chi connectivity index (χ4n) is 2.02. The van der Waals surface area contributed by atoms with Gasteiger partial charge in [-0.15, -0.1) is 0 Å². The fraction of sp³-hybridized carbons (Fsp3) is 0.200. The van der Waals surface area contributed by atoms with E-state index in [0.29, 0.717) is 11.8 Å². The molecule has 1 N–H and O–H groups in total. The molecule has 0 spiro atoms. The zero-order chi connectivity index (χ0) is 15.6. The molecule has 2 aromatic rings. The van der Waals surface area contributed by atoms with E-state index in [9.17, 15) is 13.9 Å². The van der Waals surface area contributed by atoms with Crippen molar-refractivity contribution < 1.29 is 23.4 Å². The van der Waals surface area contributed by atoms with Crippen LogP contribution in [0.2, 0.25) is 5.02 Å². The molecule has 112 valence electrons. The first-order chi connectivity index (χ1) is 9.99. The van der Waals surface area contributed by atoms with Crippen LogP contribution >= 0.6 is 11.6 Å². The number of methoxy groups -OCH3 is 2. The van der Waals surface area contributed by atoms with Crippen LogP contribution in [-0.4, -0.2) is 19.3 Å². The van der Waals surface area contributed by atoms with Gasteiger partial charge in [0.2, 0.25) is 0 Å². The van der Waals surface area contributed by atoms with Crippen molar-refractivity contribution in [1.82, 2.24) is 0 Å². The number of hydrogen-bond donors (Lipinski definition) is 1. The van der Waals surface area contributed by atoms with E-state index in [2.05, 4.69) is 0 Å². The van der Waals surface area contributed by atoms with E-state index in [1.807, 2.05) is 0 Å². The molecule has 1 unspecified atom stereocenters. The van der Waals surface area contributed by atoms with E-state index in [-0.39, 0.29) is 21.9 Å². The van der Waals surface area contributed by atoms with Gasteiger partial charge in [0.1, 0.15) is 34.3 Å². The first-order valence-electron chi connectivity index (χ1n) is 6.03. The van der Waals surface area contributed by atoms with Gasteiger partial charge in [-0.3, -0.25) is 0 Å². The van der Waals surface area contributed by atoms with Crippen LogP contribution in [0, 0.1) is 11.6 Å². The van der Waals surface area contributed by atoms with Crippen LogP contribution in [0.15, 0.2) is 30.3 Å². The zero-order valence-corrected chi connectivity index (χ0v) is 12.1. The summed E-state index contributed by atoms with van der Waals surface area (Å²) >= 11 is 6.10. The molecular formula is C15H13ClF2O3. The fourth-order valence-corrected chi connectivity index (χ4v) is 2.35. The van der Waals surface area contributed by atoms with Crippen LogP contribution in [0.25, 0.3) is 0 Å². The molecule has 0 saturated heterocycles. The van der Waals surface area contributed by atoms with E-state index >= 15 is 0 Å². The van der Waals surface area contributed by atoms with Gasteiger partial charge in [0.25, 0.3) is 0 Å². The highest BCUT2D eigenvalue weighted by atomic mass is 35.5. The Morgan fingerprint density at radius 3 is 2.29 bits per heavy atom. The van der Waals surface area contributed by atoms with Gasteiger partial charge in [0.05, 0.1) is 14.2 Å². The molecule has 2 aromatic carbocycles. The first-order valence-corrected chi connectivity index (χ1v) is 6.40. The largest absolute Gasteiger partial charge is 0.495 e. The molecule has 0 heterocycles. The summed E-state index contributed by atoms with van der Waals surface area (Å²) in [4.78, 5) is 0. The molecule has 0 bridgehead atoms. The van der Waals surface area contributed by atoms with E-state index in [1.165, 1.54) is 32.4 Å². The van der Waals surface area contributed by atoms with Gasteiger partial charge in [-0.1, -0.05) is 17.7 Å². The summed E-state index contributed by atoms with van der Waals surface area (Å²) in [6.45, 7) is 0. The van der Waals surface area contributed by atoms with Gasteiger partial charge in [0.15, 0.2) is 0 Å². The highest BCUT2D eigenvalue weighted by molar-refractivity contribution is 6.33. The average Bonchev–Trinajstić information content (AvgIpc) is 2.46. The number of benzene rings is 2. The monoisotopic (exact) mass is 314 g/mol. The molecule has 0 aliphatic carbocycles. The summed E-state index contributed by atoms with van der Waals surface area (Å²) in [5.41, 5.74) is 0.185. The van der Waals surface area contributed by atoms with Crippen LogP contribution in [-0.2, 0) is 0 Å². The SMILES string of the molecule is COc1ccc(C(O)c2ccc(F)cc2F)c(OC)c1Cl. The van der Waals surface area contributed by atoms with Crippen molar-refractivity contribution in [3.8, 4) is 11.5 Å². The van der Waals surface area contributed by atoms with Gasteiger partial charge in [-0.05, 0) is 18.2 Å². The minimum Gasteiger partial charge on any atom is -0.495 e. The summed E-state index contributed by atoms with van der Waals surface area (Å²) in [5, 5.41) is 10.5. The molecule has 1 atom stereocenters. The van der Waals surface area contributed by atoms with E-state index in [1.54, 1.807) is 0 Å². The number of rotatable bonds is 4. The maximum absolute atomic E-state index is 13.8. The van der Waals surface area contributed by atoms with Crippen molar-refractivity contribution >= 4 is 11.6 Å². The van der Waals surface area contributed by atoms with Crippen molar-refractivity contribution in [3.63, 3.8) is 0 Å². The number of aliphatic hydroxyl groups is 1. The van der Waals surface area contributed by atoms with Crippen molar-refractivity contribution in [1.29, 1.82) is 0 Å². The summed E-state index contributed by atoms with van der Waals surface area (Å²) < 4.78 is 36.9. The third-order valence-electron chi connectivity index (χ3n) is 3.07. The lowest BCUT2D eigenvalue weighted by Crippen LogP contribution is -2.06. The Hall–Kier alpha value is -1.85. The van der Waals surface area contributed by atoms with E-state index in [4.69, 9.17) is 21.1 Å². The summed E-state index contributed by atoms with van der Waals surface area (Å²) in [7, 11) is 2.81. The number of hydrogen-bond acceptors (Lipinski definition) is 3. The zero-order valence-electron chi connectivity index (χ0n) is 11.4. The highest BCUT2D eigenvalue weighted by Gasteiger charge is 2.22. The quantitative estimate of drug-likeness (QED) is 0.935. The minimum absolute atomic E-state index is 0.0732. The molecule has 0 saturated carbocycles. The van der Waals surface area contributed by atoms with E-state index < -0.39 is 17.7 Å². The van der Waals surface area contributed by atoms with Gasteiger partial charge in [0, 0.05) is 17.2 Å². The molecule has 0 radical (unpaired) electrons. The Morgan fingerprint density at radius 2 is 1.71 bits per heavy atom. The van der Waals surface area contributed by atoms with Gasteiger partial charge in [-0.2, -0.15) is 0 Å². The van der Waals surface area contributed by atoms with Crippen LogP contribution in [0.5, 0.6) is 11.5 Å². The standard InChI is InChI=1S/C15H13ClF2O3/c1-20-12-6-5-10(15(21-2)13(12)16)14(19)9-4-3-8(17)7-11(9)18/h3-7,14,19H,1-2H3. The molecule has 3 nitrogen and oxygen atoms in total. The predicted octanol–water partition coefficient (Wildman–Crippen LogP) is 3.72. The number of aliphatic hydroxyl groups excluding tert-OH is 1. The predicted molar refractivity (Wildman–Crippen MR) is 75.0 cm³/mol. The van der Waals surface area contributed by atoms with Gasteiger partial charge in [-0.25, -0.2) is 8.78 Å². The topological polar surface area (TPSA) is 38.7 Å². The second kappa shape index (κ2) is 6.28. The van der Waals surface area contributed by atoms with Crippen LogP contribution < -0.4 is 9.47 Å². The maximum Gasteiger partial charge on any atom is 0.147 e. The summed E-state index contributed by atoms with van der Waals surface area (Å²) in [5.74, 6) is -1.03. The lowest BCUT2D eigenvalue weighted by atomic mass is 10.00. The third kappa shape index (κ3) is 2.94. The molecule has 0 aromatic heterocycles. The van der Waals surface area contributed by atoms with Gasteiger partial charge >= 0.3 is 0 Å². The molecule has 0 amide bonds. The Bertz CT molecular complexity index is 662. The number of ether oxygens (including phenoxy) is 2. The summed E-state index contributed by atoms with van der Waals surface area (Å²) in [6, 6.07) is 5.99. The molecule has 0 aliphatic heterocycles. The van der Waals surface area contributed by atoms with Crippen molar-refractivity contribution in [2.75, 3.05) is 14.2 Å². The van der Waals surface area contributed by atoms with Crippen molar-refractivity contribution in [2.24, 2.45) is 0 Å². The Labute approximate surface area is 125 Å². The van der Waals surface area contributed by atoms with E-state index in [0.717, 1.165) is 6.07 Å². The molecule has 6 heteroatoms. The molecule has 21 heavy (non-hydrogen) atoms. The molecular weight excluding hydrogens is 302 g/mol. The molecule has 0 aliphatic rings. The van der Waals surface area contributed by atoms with Crippen LogP contribution in [0.4, 0.5) is 8.78 Å². The first kappa shape index (κ1) is 15.5. The lowest BCUT2D eigenvalue weighted by molar-refractivity contribution is 0.209. The third-order valence-corrected chi connectivity index (χ3v) is 3.43. The average molecular weight is 315 g/mol. The van der Waals surface area contributed by atoms with Crippen molar-refractivity contribution in [3.05, 3.63) is 58.1 Å². The lowest BCUT2D eigenvalue weighted by Gasteiger charge is -2.18. The molecule has 2 rings (SSSR count). The Kier molecular flexibility index (Phi) is 4.65. The minimum atomic E-state index is -1.34. The highest BCUT2D eigenvalue weighted by Crippen LogP contribution is 2.41. The van der Waals surface area contributed by atoms with Crippen LogP contribution in [0.1, 0.15) is 17.2 Å². The maximum atomic E-state index is 13.8. The Morgan fingerprint density at radius 1 is 1.05 bits per heavy atom. The second-order valence-corrected chi connectivity index (χ2v) is 4.65. The smallest absolute Gasteiger partial charge is 0.147 e.